The molecule has 8 heteroatoms. The predicted molar refractivity (Wildman–Crippen MR) is 144 cm³/mol. The van der Waals surface area contributed by atoms with Crippen LogP contribution < -0.4 is 10.6 Å². The van der Waals surface area contributed by atoms with Crippen LogP contribution in [-0.4, -0.2) is 47.4 Å². The highest BCUT2D eigenvalue weighted by Gasteiger charge is 2.15. The number of rotatable bonds is 13. The number of carbonyl (C=O) groups is 2. The van der Waals surface area contributed by atoms with Crippen molar-refractivity contribution >= 4 is 23.8 Å². The monoisotopic (exact) mass is 509 g/mol. The van der Waals surface area contributed by atoms with Gasteiger partial charge in [-0.3, -0.25) is 9.59 Å². The summed E-state index contributed by atoms with van der Waals surface area (Å²) in [5.41, 5.74) is 2.45. The number of benzene rings is 2. The normalized spacial score (nSPS) is 11.1. The van der Waals surface area contributed by atoms with Crippen LogP contribution in [0.2, 0.25) is 0 Å². The zero-order valence-electron chi connectivity index (χ0n) is 21.1. The first-order valence-electron chi connectivity index (χ1n) is 12.3. The summed E-state index contributed by atoms with van der Waals surface area (Å²) >= 11 is 1.65. The van der Waals surface area contributed by atoms with Gasteiger partial charge in [0.25, 0.3) is 11.8 Å². The van der Waals surface area contributed by atoms with E-state index in [2.05, 4.69) is 28.8 Å². The van der Waals surface area contributed by atoms with Crippen molar-refractivity contribution in [3.8, 4) is 16.9 Å². The maximum Gasteiger partial charge on any atom is 0.251 e. The molecule has 192 valence electrons. The maximum atomic E-state index is 13.0. The summed E-state index contributed by atoms with van der Waals surface area (Å²) in [7, 11) is 0. The second-order valence-corrected chi connectivity index (χ2v) is 10.2. The third kappa shape index (κ3) is 8.46. The number of carbonyl (C=O) groups excluding carboxylic acids is 2. The van der Waals surface area contributed by atoms with E-state index in [1.165, 1.54) is 0 Å². The standard InChI is InChI=1S/C28H35N3O4S/c1-4-11-29-27(33)23-15-22(21-10-14-35-19-21)16-24(17-23)28(34)30-12-5-13-31(18-20(2)3)36-26-8-6-25(32)7-9-26/h6-10,14-17,19-20,32H,4-5,11-13,18H2,1-3H3,(H,29,33)(H,30,34). The lowest BCUT2D eigenvalue weighted by molar-refractivity contribution is 0.0952. The number of amides is 2. The maximum absolute atomic E-state index is 13.0. The fraction of sp³-hybridized carbons (Fsp3) is 0.357. The molecule has 0 radical (unpaired) electrons. The Morgan fingerprint density at radius 1 is 0.972 bits per heavy atom. The zero-order chi connectivity index (χ0) is 25.9. The van der Waals surface area contributed by atoms with E-state index in [1.54, 1.807) is 60.9 Å². The molecule has 1 heterocycles. The van der Waals surface area contributed by atoms with Crippen molar-refractivity contribution in [1.82, 2.24) is 14.9 Å². The highest BCUT2D eigenvalue weighted by atomic mass is 32.2. The highest BCUT2D eigenvalue weighted by molar-refractivity contribution is 7.97. The van der Waals surface area contributed by atoms with Gasteiger partial charge in [0.1, 0.15) is 5.75 Å². The molecule has 1 aromatic heterocycles. The van der Waals surface area contributed by atoms with Gasteiger partial charge in [0, 0.05) is 47.8 Å². The summed E-state index contributed by atoms with van der Waals surface area (Å²) in [6.07, 6.45) is 4.77. The van der Waals surface area contributed by atoms with Crippen molar-refractivity contribution in [2.75, 3.05) is 26.2 Å². The minimum atomic E-state index is -0.216. The van der Waals surface area contributed by atoms with Crippen molar-refractivity contribution in [2.45, 2.75) is 38.5 Å². The fourth-order valence-corrected chi connectivity index (χ4v) is 4.77. The van der Waals surface area contributed by atoms with Crippen LogP contribution in [0.1, 0.15) is 54.3 Å². The number of furan rings is 1. The minimum absolute atomic E-state index is 0.202. The Kier molecular flexibility index (Phi) is 10.5. The van der Waals surface area contributed by atoms with Gasteiger partial charge in [-0.15, -0.1) is 0 Å². The Hall–Kier alpha value is -3.23. The van der Waals surface area contributed by atoms with Crippen LogP contribution >= 0.6 is 11.9 Å². The Morgan fingerprint density at radius 2 is 1.64 bits per heavy atom. The van der Waals surface area contributed by atoms with Gasteiger partial charge in [-0.05, 0) is 84.8 Å². The summed E-state index contributed by atoms with van der Waals surface area (Å²) in [5.74, 6) is 0.325. The summed E-state index contributed by atoms with van der Waals surface area (Å²) in [5, 5.41) is 15.4. The Labute approximate surface area is 217 Å². The average Bonchev–Trinajstić information content (AvgIpc) is 3.41. The van der Waals surface area contributed by atoms with E-state index in [0.29, 0.717) is 30.1 Å². The fourth-order valence-electron chi connectivity index (χ4n) is 3.62. The number of hydrogen-bond acceptors (Lipinski definition) is 6. The van der Waals surface area contributed by atoms with E-state index in [9.17, 15) is 14.7 Å². The van der Waals surface area contributed by atoms with Crippen molar-refractivity contribution < 1.29 is 19.1 Å². The second-order valence-electron chi connectivity index (χ2n) is 9.04. The largest absolute Gasteiger partial charge is 0.508 e. The molecule has 0 unspecified atom stereocenters. The summed E-state index contributed by atoms with van der Waals surface area (Å²) < 4.78 is 7.47. The number of phenols is 1. The van der Waals surface area contributed by atoms with Gasteiger partial charge < -0.3 is 20.2 Å². The Morgan fingerprint density at radius 3 is 2.22 bits per heavy atom. The molecule has 3 N–H and O–H groups in total. The molecule has 0 aliphatic rings. The average molecular weight is 510 g/mol. The third-order valence-electron chi connectivity index (χ3n) is 5.36. The Bertz CT molecular complexity index is 1110. The molecule has 2 amide bonds. The SMILES string of the molecule is CCCNC(=O)c1cc(C(=O)NCCCN(CC(C)C)Sc2ccc(O)cc2)cc(-c2ccoc2)c1. The Balaban J connectivity index is 1.62. The van der Waals surface area contributed by atoms with Gasteiger partial charge in [0.2, 0.25) is 0 Å². The number of aromatic hydroxyl groups is 1. The van der Waals surface area contributed by atoms with E-state index in [1.807, 2.05) is 19.1 Å². The van der Waals surface area contributed by atoms with Gasteiger partial charge in [0.05, 0.1) is 12.5 Å². The molecule has 7 nitrogen and oxygen atoms in total. The molecule has 0 fully saturated rings. The van der Waals surface area contributed by atoms with Gasteiger partial charge >= 0.3 is 0 Å². The van der Waals surface area contributed by atoms with Crippen LogP contribution in [0.15, 0.2) is 70.4 Å². The number of nitrogens with one attached hydrogen (secondary N) is 2. The van der Waals surface area contributed by atoms with E-state index in [4.69, 9.17) is 4.42 Å². The first kappa shape index (κ1) is 27.4. The second kappa shape index (κ2) is 13.8. The zero-order valence-corrected chi connectivity index (χ0v) is 21.9. The van der Waals surface area contributed by atoms with Crippen molar-refractivity contribution in [3.05, 3.63) is 72.2 Å². The molecule has 0 aliphatic carbocycles. The van der Waals surface area contributed by atoms with Crippen molar-refractivity contribution in [3.63, 3.8) is 0 Å². The lowest BCUT2D eigenvalue weighted by Crippen LogP contribution is -2.29. The quantitative estimate of drug-likeness (QED) is 0.206. The number of phenolic OH excluding ortho intramolecular Hbond substituents is 1. The molecule has 0 bridgehead atoms. The van der Waals surface area contributed by atoms with Gasteiger partial charge in [-0.2, -0.15) is 0 Å². The number of nitrogens with zero attached hydrogens (tertiary/aromatic N) is 1. The van der Waals surface area contributed by atoms with E-state index in [-0.39, 0.29) is 17.6 Å². The molecule has 3 aromatic rings. The van der Waals surface area contributed by atoms with Crippen LogP contribution in [0.25, 0.3) is 11.1 Å². The molecule has 36 heavy (non-hydrogen) atoms. The molecular formula is C28H35N3O4S. The van der Waals surface area contributed by atoms with E-state index < -0.39 is 0 Å². The van der Waals surface area contributed by atoms with Crippen LogP contribution in [0, 0.1) is 5.92 Å². The van der Waals surface area contributed by atoms with Gasteiger partial charge in [-0.1, -0.05) is 20.8 Å². The van der Waals surface area contributed by atoms with E-state index in [0.717, 1.165) is 42.0 Å². The third-order valence-corrected chi connectivity index (χ3v) is 6.43. The predicted octanol–water partition coefficient (Wildman–Crippen LogP) is 5.58. The molecule has 2 aromatic carbocycles. The van der Waals surface area contributed by atoms with Crippen molar-refractivity contribution in [2.24, 2.45) is 5.92 Å². The summed E-state index contributed by atoms with van der Waals surface area (Å²) in [4.78, 5) is 26.7. The summed E-state index contributed by atoms with van der Waals surface area (Å²) in [6.45, 7) is 9.13. The van der Waals surface area contributed by atoms with Gasteiger partial charge in [-0.25, -0.2) is 4.31 Å². The molecule has 0 saturated heterocycles. The van der Waals surface area contributed by atoms with E-state index >= 15 is 0 Å². The molecule has 0 saturated carbocycles. The lowest BCUT2D eigenvalue weighted by atomic mass is 10.0. The molecule has 0 aliphatic heterocycles. The van der Waals surface area contributed by atoms with Crippen LogP contribution in [0.5, 0.6) is 5.75 Å². The minimum Gasteiger partial charge on any atom is -0.508 e. The first-order chi connectivity index (χ1) is 17.4. The summed E-state index contributed by atoms with van der Waals surface area (Å²) in [6, 6.07) is 14.2. The topological polar surface area (TPSA) is 94.8 Å². The smallest absolute Gasteiger partial charge is 0.251 e. The first-order valence-corrected chi connectivity index (χ1v) is 13.1. The van der Waals surface area contributed by atoms with Crippen LogP contribution in [0.3, 0.4) is 0 Å². The van der Waals surface area contributed by atoms with Crippen LogP contribution in [-0.2, 0) is 0 Å². The molecule has 3 rings (SSSR count). The number of hydrogen-bond donors (Lipinski definition) is 3. The molecule has 0 atom stereocenters. The lowest BCUT2D eigenvalue weighted by Gasteiger charge is -2.23. The molecule has 0 spiro atoms. The molecular weight excluding hydrogens is 474 g/mol. The van der Waals surface area contributed by atoms with Gasteiger partial charge in [0.15, 0.2) is 0 Å². The van der Waals surface area contributed by atoms with Crippen molar-refractivity contribution in [1.29, 1.82) is 0 Å². The van der Waals surface area contributed by atoms with Crippen LogP contribution in [0.4, 0.5) is 0 Å². The highest BCUT2D eigenvalue weighted by Crippen LogP contribution is 2.26.